The third-order valence-corrected chi connectivity index (χ3v) is 5.21. The lowest BCUT2D eigenvalue weighted by Crippen LogP contribution is -2.25. The number of pyridine rings is 2. The van der Waals surface area contributed by atoms with Crippen LogP contribution in [0.25, 0.3) is 16.7 Å². The number of rotatable bonds is 9. The largest absolute Gasteiger partial charge is 0.495 e. The molecular weight excluding hydrogens is 414 g/mol. The Morgan fingerprint density at radius 2 is 1.94 bits per heavy atom. The van der Waals surface area contributed by atoms with Crippen LogP contribution in [-0.4, -0.2) is 36.2 Å². The molecule has 0 bridgehead atoms. The number of carbonyl (C=O) groups excluding carboxylic acids is 1. The molecule has 0 spiro atoms. The molecule has 7 nitrogen and oxygen atoms in total. The van der Waals surface area contributed by atoms with Gasteiger partial charge in [-0.2, -0.15) is 0 Å². The highest BCUT2D eigenvalue weighted by Crippen LogP contribution is 2.26. The summed E-state index contributed by atoms with van der Waals surface area (Å²) in [6.07, 6.45) is 7.23. The van der Waals surface area contributed by atoms with E-state index in [0.717, 1.165) is 40.2 Å². The zero-order chi connectivity index (χ0) is 23.8. The molecule has 0 radical (unpaired) electrons. The summed E-state index contributed by atoms with van der Waals surface area (Å²) in [4.78, 5) is 22.2. The third kappa shape index (κ3) is 5.63. The van der Waals surface area contributed by atoms with Crippen molar-refractivity contribution in [3.63, 3.8) is 0 Å². The Balaban J connectivity index is 1.95. The molecule has 0 atom stereocenters. The Hall–Kier alpha value is -4.00. The van der Waals surface area contributed by atoms with E-state index in [1.54, 1.807) is 32.8 Å². The number of hydrogen-bond acceptors (Lipinski definition) is 6. The van der Waals surface area contributed by atoms with E-state index in [4.69, 9.17) is 10.1 Å². The van der Waals surface area contributed by atoms with Crippen molar-refractivity contribution in [3.8, 4) is 16.9 Å². The van der Waals surface area contributed by atoms with Gasteiger partial charge in [0, 0.05) is 48.6 Å². The number of allylic oxidation sites excluding steroid dienone is 1. The average Bonchev–Trinajstić information content (AvgIpc) is 2.85. The van der Waals surface area contributed by atoms with Crippen molar-refractivity contribution in [2.75, 3.05) is 14.2 Å². The van der Waals surface area contributed by atoms with Crippen molar-refractivity contribution in [1.82, 2.24) is 20.6 Å². The number of ether oxygens (including phenoxy) is 1. The molecule has 3 N–H and O–H groups in total. The van der Waals surface area contributed by atoms with E-state index in [1.807, 2.05) is 50.2 Å². The van der Waals surface area contributed by atoms with Gasteiger partial charge in [-0.25, -0.2) is 0 Å². The molecule has 2 heterocycles. The first-order valence-electron chi connectivity index (χ1n) is 10.8. The first kappa shape index (κ1) is 23.7. The van der Waals surface area contributed by atoms with Gasteiger partial charge in [-0.05, 0) is 54.3 Å². The normalized spacial score (nSPS) is 11.1. The van der Waals surface area contributed by atoms with E-state index in [9.17, 15) is 4.79 Å². The van der Waals surface area contributed by atoms with Crippen molar-refractivity contribution in [2.45, 2.75) is 26.8 Å². The smallest absolute Gasteiger partial charge is 0.252 e. The van der Waals surface area contributed by atoms with Gasteiger partial charge in [0.05, 0.1) is 25.0 Å². The third-order valence-electron chi connectivity index (χ3n) is 5.21. The first-order valence-corrected chi connectivity index (χ1v) is 10.8. The molecule has 0 unspecified atom stereocenters. The molecule has 0 aliphatic carbocycles. The van der Waals surface area contributed by atoms with Crippen molar-refractivity contribution in [3.05, 3.63) is 83.1 Å². The average molecular weight is 444 g/mol. The van der Waals surface area contributed by atoms with Crippen LogP contribution < -0.4 is 15.4 Å². The van der Waals surface area contributed by atoms with Crippen molar-refractivity contribution in [1.29, 1.82) is 5.41 Å². The van der Waals surface area contributed by atoms with Crippen molar-refractivity contribution in [2.24, 2.45) is 0 Å². The van der Waals surface area contributed by atoms with Crippen molar-refractivity contribution < 1.29 is 9.53 Å². The Morgan fingerprint density at radius 1 is 1.12 bits per heavy atom. The lowest BCUT2D eigenvalue weighted by Gasteiger charge is -2.14. The van der Waals surface area contributed by atoms with Gasteiger partial charge in [0.25, 0.3) is 5.91 Å². The number of methoxy groups -OCH3 is 1. The summed E-state index contributed by atoms with van der Waals surface area (Å²) in [7, 11) is 3.38. The number of benzene rings is 1. The molecule has 0 saturated heterocycles. The number of nitrogens with one attached hydrogen (secondary N) is 3. The van der Waals surface area contributed by atoms with Crippen LogP contribution in [-0.2, 0) is 13.0 Å². The first-order chi connectivity index (χ1) is 16.0. The zero-order valence-electron chi connectivity index (χ0n) is 19.4. The molecule has 0 aliphatic heterocycles. The van der Waals surface area contributed by atoms with E-state index in [-0.39, 0.29) is 12.5 Å². The van der Waals surface area contributed by atoms with E-state index >= 15 is 0 Å². The summed E-state index contributed by atoms with van der Waals surface area (Å²) in [5.41, 5.74) is 6.18. The summed E-state index contributed by atoms with van der Waals surface area (Å²) in [6, 6.07) is 11.4. The molecule has 0 fully saturated rings. The lowest BCUT2D eigenvalue weighted by atomic mass is 9.95. The molecule has 3 rings (SSSR count). The predicted molar refractivity (Wildman–Crippen MR) is 132 cm³/mol. The fraction of sp³-hybridized carbons (Fsp3) is 0.231. The second-order valence-corrected chi connectivity index (χ2v) is 7.53. The molecular formula is C26H29N5O2. The van der Waals surface area contributed by atoms with E-state index in [0.29, 0.717) is 16.7 Å². The quantitative estimate of drug-likeness (QED) is 0.431. The maximum atomic E-state index is 13.3. The van der Waals surface area contributed by atoms with Gasteiger partial charge < -0.3 is 20.8 Å². The van der Waals surface area contributed by atoms with E-state index in [1.165, 1.54) is 6.21 Å². The van der Waals surface area contributed by atoms with Crippen LogP contribution in [0.1, 0.15) is 39.8 Å². The SMILES string of the molecule is CCc1nc(CNC(=O)c2cc(-c3cncc(C)c3)ccc2/C(C=N)=C/NC)ccc1OC. The van der Waals surface area contributed by atoms with Crippen LogP contribution in [0.3, 0.4) is 0 Å². The number of amides is 1. The van der Waals surface area contributed by atoms with Gasteiger partial charge in [-0.15, -0.1) is 0 Å². The topological polar surface area (TPSA) is 100.0 Å². The van der Waals surface area contributed by atoms with Gasteiger partial charge in [0.15, 0.2) is 0 Å². The van der Waals surface area contributed by atoms with Crippen LogP contribution in [0.2, 0.25) is 0 Å². The summed E-state index contributed by atoms with van der Waals surface area (Å²) >= 11 is 0. The minimum Gasteiger partial charge on any atom is -0.495 e. The monoisotopic (exact) mass is 443 g/mol. The Kier molecular flexibility index (Phi) is 7.91. The van der Waals surface area contributed by atoms with Gasteiger partial charge in [-0.3, -0.25) is 14.8 Å². The molecule has 2 aromatic heterocycles. The lowest BCUT2D eigenvalue weighted by molar-refractivity contribution is 0.0950. The Morgan fingerprint density at radius 3 is 2.61 bits per heavy atom. The summed E-state index contributed by atoms with van der Waals surface area (Å²) < 4.78 is 5.34. The van der Waals surface area contributed by atoms with Gasteiger partial charge in [0.1, 0.15) is 5.75 Å². The summed E-state index contributed by atoms with van der Waals surface area (Å²) in [6.45, 7) is 4.27. The summed E-state index contributed by atoms with van der Waals surface area (Å²) in [5, 5.41) is 13.7. The fourth-order valence-electron chi connectivity index (χ4n) is 3.57. The van der Waals surface area contributed by atoms with Gasteiger partial charge in [-0.1, -0.05) is 19.1 Å². The van der Waals surface area contributed by atoms with Gasteiger partial charge in [0.2, 0.25) is 0 Å². The van der Waals surface area contributed by atoms with Crippen LogP contribution in [0.15, 0.2) is 55.0 Å². The number of nitrogens with zero attached hydrogens (tertiary/aromatic N) is 2. The molecule has 33 heavy (non-hydrogen) atoms. The van der Waals surface area contributed by atoms with Crippen molar-refractivity contribution >= 4 is 17.7 Å². The number of aryl methyl sites for hydroxylation is 2. The summed E-state index contributed by atoms with van der Waals surface area (Å²) in [5.74, 6) is 0.495. The van der Waals surface area contributed by atoms with Crippen LogP contribution in [0.5, 0.6) is 5.75 Å². The zero-order valence-corrected chi connectivity index (χ0v) is 19.4. The molecule has 7 heteroatoms. The Bertz CT molecular complexity index is 1190. The second-order valence-electron chi connectivity index (χ2n) is 7.53. The highest BCUT2D eigenvalue weighted by atomic mass is 16.5. The highest BCUT2D eigenvalue weighted by molar-refractivity contribution is 6.13. The van der Waals surface area contributed by atoms with E-state index in [2.05, 4.69) is 20.6 Å². The van der Waals surface area contributed by atoms with Crippen LogP contribution in [0, 0.1) is 12.3 Å². The number of carbonyl (C=O) groups is 1. The maximum Gasteiger partial charge on any atom is 0.252 e. The maximum absolute atomic E-state index is 13.3. The minimum atomic E-state index is -0.244. The predicted octanol–water partition coefficient (Wildman–Crippen LogP) is 4.16. The minimum absolute atomic E-state index is 0.244. The van der Waals surface area contributed by atoms with E-state index < -0.39 is 0 Å². The standard InChI is InChI=1S/C26H29N5O2/c1-5-24-25(33-4)9-7-21(31-24)16-30-26(32)23-11-18(19-10-17(2)13-29-15-19)6-8-22(23)20(12-27)14-28-3/h6-15,27-28H,5,16H2,1-4H3,(H,30,32)/b20-14+,27-12?. The molecule has 3 aromatic rings. The van der Waals surface area contributed by atoms with Crippen LogP contribution in [0.4, 0.5) is 0 Å². The Labute approximate surface area is 194 Å². The fourth-order valence-corrected chi connectivity index (χ4v) is 3.57. The molecule has 1 aromatic carbocycles. The molecule has 0 aliphatic rings. The molecule has 1 amide bonds. The van der Waals surface area contributed by atoms with Crippen LogP contribution >= 0.6 is 0 Å². The number of hydrogen-bond donors (Lipinski definition) is 3. The molecule has 170 valence electrons. The number of aromatic nitrogens is 2. The highest BCUT2D eigenvalue weighted by Gasteiger charge is 2.16. The molecule has 0 saturated carbocycles. The second kappa shape index (κ2) is 11.0. The van der Waals surface area contributed by atoms with Gasteiger partial charge >= 0.3 is 0 Å².